The van der Waals surface area contributed by atoms with Gasteiger partial charge in [0.1, 0.15) is 5.69 Å². The SMILES string of the molecule is O=C(NCCCN1C(=O)CCC1=O)c1ccc(NCc2ccccc2Cl)c([N+](=O)[O-])c1. The quantitative estimate of drug-likeness (QED) is 0.265. The minimum absolute atomic E-state index is 0.142. The van der Waals surface area contributed by atoms with E-state index in [0.29, 0.717) is 18.0 Å². The summed E-state index contributed by atoms with van der Waals surface area (Å²) in [6.07, 6.45) is 0.861. The molecule has 0 saturated carbocycles. The smallest absolute Gasteiger partial charge is 0.293 e. The molecule has 2 aromatic rings. The first-order valence-electron chi connectivity index (χ1n) is 9.74. The third-order valence-electron chi connectivity index (χ3n) is 4.88. The van der Waals surface area contributed by atoms with Gasteiger partial charge in [0.15, 0.2) is 0 Å². The van der Waals surface area contributed by atoms with Crippen LogP contribution < -0.4 is 10.6 Å². The molecule has 1 fully saturated rings. The average molecular weight is 445 g/mol. The molecule has 0 aromatic heterocycles. The van der Waals surface area contributed by atoms with Gasteiger partial charge < -0.3 is 10.6 Å². The van der Waals surface area contributed by atoms with Crippen molar-refractivity contribution in [2.75, 3.05) is 18.4 Å². The number of carbonyl (C=O) groups excluding carboxylic acids is 3. The van der Waals surface area contributed by atoms with Crippen molar-refractivity contribution in [2.24, 2.45) is 0 Å². The molecule has 2 aromatic carbocycles. The number of imide groups is 1. The summed E-state index contributed by atoms with van der Waals surface area (Å²) in [5.41, 5.74) is 0.971. The van der Waals surface area contributed by atoms with Crippen LogP contribution >= 0.6 is 11.6 Å². The Hall–Kier alpha value is -3.46. The van der Waals surface area contributed by atoms with Crippen LogP contribution in [0.3, 0.4) is 0 Å². The number of nitro groups is 1. The van der Waals surface area contributed by atoms with Crippen molar-refractivity contribution in [3.05, 3.63) is 68.7 Å². The fourth-order valence-corrected chi connectivity index (χ4v) is 3.42. The van der Waals surface area contributed by atoms with Crippen molar-refractivity contribution in [3.8, 4) is 0 Å². The second kappa shape index (κ2) is 10.0. The first-order chi connectivity index (χ1) is 14.9. The van der Waals surface area contributed by atoms with E-state index in [2.05, 4.69) is 10.6 Å². The van der Waals surface area contributed by atoms with Crippen LogP contribution in [0.5, 0.6) is 0 Å². The van der Waals surface area contributed by atoms with E-state index in [1.54, 1.807) is 12.1 Å². The van der Waals surface area contributed by atoms with Gasteiger partial charge in [-0.15, -0.1) is 0 Å². The van der Waals surface area contributed by atoms with Crippen molar-refractivity contribution in [1.82, 2.24) is 10.2 Å². The van der Waals surface area contributed by atoms with Crippen LogP contribution in [0.2, 0.25) is 5.02 Å². The Morgan fingerprint density at radius 1 is 1.13 bits per heavy atom. The summed E-state index contributed by atoms with van der Waals surface area (Å²) in [6.45, 7) is 0.763. The summed E-state index contributed by atoms with van der Waals surface area (Å²) in [5.74, 6) is -0.876. The Kier molecular flexibility index (Phi) is 7.19. The van der Waals surface area contributed by atoms with Crippen LogP contribution in [0.25, 0.3) is 0 Å². The molecule has 3 amide bonds. The van der Waals surface area contributed by atoms with Crippen molar-refractivity contribution in [2.45, 2.75) is 25.8 Å². The van der Waals surface area contributed by atoms with E-state index in [4.69, 9.17) is 11.6 Å². The van der Waals surface area contributed by atoms with Gasteiger partial charge in [0.25, 0.3) is 11.6 Å². The molecule has 9 nitrogen and oxygen atoms in total. The lowest BCUT2D eigenvalue weighted by molar-refractivity contribution is -0.384. The molecule has 162 valence electrons. The molecule has 2 N–H and O–H groups in total. The van der Waals surface area contributed by atoms with Crippen LogP contribution in [0.15, 0.2) is 42.5 Å². The lowest BCUT2D eigenvalue weighted by Gasteiger charge is -2.14. The van der Waals surface area contributed by atoms with Crippen molar-refractivity contribution in [1.29, 1.82) is 0 Å². The third kappa shape index (κ3) is 5.58. The molecule has 10 heteroatoms. The Labute approximate surface area is 183 Å². The highest BCUT2D eigenvalue weighted by atomic mass is 35.5. The van der Waals surface area contributed by atoms with Gasteiger partial charge >= 0.3 is 0 Å². The lowest BCUT2D eigenvalue weighted by atomic mass is 10.1. The number of hydrogen-bond donors (Lipinski definition) is 2. The molecule has 1 saturated heterocycles. The second-order valence-corrected chi connectivity index (χ2v) is 7.39. The third-order valence-corrected chi connectivity index (χ3v) is 5.25. The standard InChI is InChI=1S/C21H21ClN4O5/c22-16-5-2-1-4-15(16)13-24-17-7-6-14(12-18(17)26(30)31)21(29)23-10-3-11-25-19(27)8-9-20(25)28/h1-2,4-7,12,24H,3,8-11,13H2,(H,23,29). The number of nitrogens with zero attached hydrogens (tertiary/aromatic N) is 2. The van der Waals surface area contributed by atoms with E-state index in [9.17, 15) is 24.5 Å². The van der Waals surface area contributed by atoms with Crippen molar-refractivity contribution >= 4 is 40.7 Å². The van der Waals surface area contributed by atoms with Gasteiger partial charge in [-0.2, -0.15) is 0 Å². The van der Waals surface area contributed by atoms with Gasteiger partial charge in [-0.25, -0.2) is 0 Å². The first-order valence-corrected chi connectivity index (χ1v) is 10.1. The molecule has 31 heavy (non-hydrogen) atoms. The predicted molar refractivity (Wildman–Crippen MR) is 115 cm³/mol. The molecular formula is C21H21ClN4O5. The van der Waals surface area contributed by atoms with Gasteiger partial charge in [0.2, 0.25) is 11.8 Å². The van der Waals surface area contributed by atoms with Crippen LogP contribution in [0, 0.1) is 10.1 Å². The topological polar surface area (TPSA) is 122 Å². The summed E-state index contributed by atoms with van der Waals surface area (Å²) in [5, 5.41) is 17.7. The molecule has 0 radical (unpaired) electrons. The molecule has 0 unspecified atom stereocenters. The zero-order valence-electron chi connectivity index (χ0n) is 16.6. The van der Waals surface area contributed by atoms with Crippen molar-refractivity contribution in [3.63, 3.8) is 0 Å². The van der Waals surface area contributed by atoms with Crippen molar-refractivity contribution < 1.29 is 19.3 Å². The van der Waals surface area contributed by atoms with E-state index < -0.39 is 10.8 Å². The summed E-state index contributed by atoms with van der Waals surface area (Å²) < 4.78 is 0. The Morgan fingerprint density at radius 2 is 1.84 bits per heavy atom. The van der Waals surface area contributed by atoms with Crippen LogP contribution in [0.4, 0.5) is 11.4 Å². The summed E-state index contributed by atoms with van der Waals surface area (Å²) in [4.78, 5) is 47.6. The van der Waals surface area contributed by atoms with E-state index in [0.717, 1.165) is 5.56 Å². The minimum atomic E-state index is -0.559. The van der Waals surface area contributed by atoms with Gasteiger partial charge in [-0.05, 0) is 30.2 Å². The van der Waals surface area contributed by atoms with Crippen LogP contribution in [-0.2, 0) is 16.1 Å². The minimum Gasteiger partial charge on any atom is -0.375 e. The number of benzene rings is 2. The molecule has 3 rings (SSSR count). The Morgan fingerprint density at radius 3 is 2.52 bits per heavy atom. The Bertz CT molecular complexity index is 1010. The molecule has 1 heterocycles. The fraction of sp³-hybridized carbons (Fsp3) is 0.286. The summed E-state index contributed by atoms with van der Waals surface area (Å²) >= 11 is 6.11. The molecule has 1 aliphatic rings. The van der Waals surface area contributed by atoms with Crippen LogP contribution in [0.1, 0.15) is 35.2 Å². The summed E-state index contributed by atoms with van der Waals surface area (Å²) in [6, 6.07) is 11.3. The fourth-order valence-electron chi connectivity index (χ4n) is 3.22. The average Bonchev–Trinajstić information content (AvgIpc) is 3.07. The molecule has 0 spiro atoms. The number of hydrogen-bond acceptors (Lipinski definition) is 6. The molecule has 1 aliphatic heterocycles. The monoisotopic (exact) mass is 444 g/mol. The highest BCUT2D eigenvalue weighted by Crippen LogP contribution is 2.27. The van der Waals surface area contributed by atoms with Gasteiger partial charge in [-0.1, -0.05) is 29.8 Å². The van der Waals surface area contributed by atoms with E-state index in [1.165, 1.54) is 23.1 Å². The number of nitro benzene ring substituents is 1. The van der Waals surface area contributed by atoms with E-state index in [1.807, 2.05) is 12.1 Å². The largest absolute Gasteiger partial charge is 0.375 e. The highest BCUT2D eigenvalue weighted by molar-refractivity contribution is 6.31. The highest BCUT2D eigenvalue weighted by Gasteiger charge is 2.28. The number of amides is 3. The number of nitrogens with one attached hydrogen (secondary N) is 2. The number of likely N-dealkylation sites (tertiary alicyclic amines) is 1. The van der Waals surface area contributed by atoms with Gasteiger partial charge in [0, 0.05) is 49.1 Å². The molecule has 0 atom stereocenters. The first kappa shape index (κ1) is 22.2. The molecule has 0 aliphatic carbocycles. The normalized spacial score (nSPS) is 13.4. The zero-order chi connectivity index (χ0) is 22.4. The van der Waals surface area contributed by atoms with Crippen LogP contribution in [-0.4, -0.2) is 40.6 Å². The maximum Gasteiger partial charge on any atom is 0.293 e. The molecule has 0 bridgehead atoms. The zero-order valence-corrected chi connectivity index (χ0v) is 17.4. The molecular weight excluding hydrogens is 424 g/mol. The number of halogens is 1. The maximum atomic E-state index is 12.4. The number of carbonyl (C=O) groups is 3. The Balaban J connectivity index is 1.58. The van der Waals surface area contributed by atoms with Gasteiger partial charge in [0.05, 0.1) is 4.92 Å². The lowest BCUT2D eigenvalue weighted by Crippen LogP contribution is -2.33. The van der Waals surface area contributed by atoms with Gasteiger partial charge in [-0.3, -0.25) is 29.4 Å². The van der Waals surface area contributed by atoms with E-state index in [-0.39, 0.29) is 54.7 Å². The summed E-state index contributed by atoms with van der Waals surface area (Å²) in [7, 11) is 0. The maximum absolute atomic E-state index is 12.4. The number of rotatable bonds is 9. The predicted octanol–water partition coefficient (Wildman–Crippen LogP) is 3.13. The number of anilines is 1. The second-order valence-electron chi connectivity index (χ2n) is 6.98. The van der Waals surface area contributed by atoms with E-state index >= 15 is 0 Å².